The van der Waals surface area contributed by atoms with E-state index in [4.69, 9.17) is 17.3 Å². The van der Waals surface area contributed by atoms with Gasteiger partial charge in [-0.15, -0.1) is 0 Å². The van der Waals surface area contributed by atoms with Crippen molar-refractivity contribution >= 4 is 17.4 Å². The maximum Gasteiger partial charge on any atom is 0.179 e. The van der Waals surface area contributed by atoms with Gasteiger partial charge >= 0.3 is 0 Å². The molecule has 0 radical (unpaired) electrons. The van der Waals surface area contributed by atoms with Gasteiger partial charge in [-0.25, -0.2) is 0 Å². The van der Waals surface area contributed by atoms with Gasteiger partial charge < -0.3 is 5.73 Å². The minimum Gasteiger partial charge on any atom is -0.321 e. The van der Waals surface area contributed by atoms with Gasteiger partial charge in [-0.05, 0) is 44.0 Å². The predicted molar refractivity (Wildman–Crippen MR) is 58.9 cm³/mol. The molecule has 1 aromatic rings. The summed E-state index contributed by atoms with van der Waals surface area (Å²) in [6.45, 7) is 5.45. The van der Waals surface area contributed by atoms with Crippen LogP contribution in [0.5, 0.6) is 0 Å². The number of aryl methyl sites for hydroxylation is 2. The zero-order valence-corrected chi connectivity index (χ0v) is 9.35. The molecule has 0 amide bonds. The molecule has 2 nitrogen and oxygen atoms in total. The third kappa shape index (κ3) is 2.14. The number of rotatable bonds is 2. The number of hydrogen-bond acceptors (Lipinski definition) is 2. The third-order valence-electron chi connectivity index (χ3n) is 2.13. The number of benzene rings is 1. The van der Waals surface area contributed by atoms with Crippen LogP contribution in [0.15, 0.2) is 12.1 Å². The fraction of sp³-hybridized carbons (Fsp3) is 0.364. The van der Waals surface area contributed by atoms with Crippen molar-refractivity contribution in [3.8, 4) is 0 Å². The highest BCUT2D eigenvalue weighted by Gasteiger charge is 2.12. The van der Waals surface area contributed by atoms with E-state index in [1.54, 1.807) is 19.1 Å². The Kier molecular flexibility index (Phi) is 3.29. The maximum atomic E-state index is 11.6. The molecule has 1 atom stereocenters. The van der Waals surface area contributed by atoms with Crippen molar-refractivity contribution in [2.75, 3.05) is 0 Å². The van der Waals surface area contributed by atoms with Gasteiger partial charge in [-0.3, -0.25) is 4.79 Å². The summed E-state index contributed by atoms with van der Waals surface area (Å²) in [5.41, 5.74) is 7.99. The normalized spacial score (nSPS) is 12.6. The van der Waals surface area contributed by atoms with Crippen LogP contribution in [0.4, 0.5) is 0 Å². The maximum absolute atomic E-state index is 11.6. The van der Waals surface area contributed by atoms with Crippen molar-refractivity contribution < 1.29 is 4.79 Å². The average molecular weight is 212 g/mol. The molecule has 0 fully saturated rings. The second-order valence-corrected chi connectivity index (χ2v) is 3.95. The van der Waals surface area contributed by atoms with E-state index in [1.807, 2.05) is 13.8 Å². The number of Topliss-reactive ketones (excluding diaryl/α,β-unsaturated/α-hetero) is 1. The highest BCUT2D eigenvalue weighted by Crippen LogP contribution is 2.22. The molecule has 0 aliphatic rings. The van der Waals surface area contributed by atoms with Gasteiger partial charge in [0.1, 0.15) is 0 Å². The second kappa shape index (κ2) is 4.11. The van der Waals surface area contributed by atoms with Crippen molar-refractivity contribution in [2.24, 2.45) is 5.73 Å². The summed E-state index contributed by atoms with van der Waals surface area (Å²) >= 11 is 5.99. The average Bonchev–Trinajstić information content (AvgIpc) is 2.12. The molecule has 0 aliphatic heterocycles. The highest BCUT2D eigenvalue weighted by molar-refractivity contribution is 6.32. The molecule has 3 heteroatoms. The minimum absolute atomic E-state index is 0.0483. The summed E-state index contributed by atoms with van der Waals surface area (Å²) in [6, 6.07) is 3.09. The Morgan fingerprint density at radius 1 is 1.36 bits per heavy atom. The Balaban J connectivity index is 3.19. The lowest BCUT2D eigenvalue weighted by Gasteiger charge is -2.08. The molecule has 1 rings (SSSR count). The number of nitrogens with two attached hydrogens (primary N) is 1. The smallest absolute Gasteiger partial charge is 0.179 e. The van der Waals surface area contributed by atoms with E-state index in [-0.39, 0.29) is 5.78 Å². The molecule has 1 aromatic carbocycles. The zero-order valence-electron chi connectivity index (χ0n) is 8.60. The Hall–Kier alpha value is -0.860. The van der Waals surface area contributed by atoms with Crippen LogP contribution in [0.2, 0.25) is 5.02 Å². The van der Waals surface area contributed by atoms with E-state index in [0.29, 0.717) is 10.6 Å². The fourth-order valence-corrected chi connectivity index (χ4v) is 1.46. The van der Waals surface area contributed by atoms with Crippen LogP contribution in [0, 0.1) is 13.8 Å². The minimum atomic E-state index is -0.463. The summed E-state index contributed by atoms with van der Waals surface area (Å²) in [7, 11) is 0. The van der Waals surface area contributed by atoms with Crippen molar-refractivity contribution in [1.82, 2.24) is 0 Å². The molecule has 0 saturated carbocycles. The first kappa shape index (κ1) is 11.2. The van der Waals surface area contributed by atoms with Gasteiger partial charge in [-0.1, -0.05) is 11.6 Å². The van der Waals surface area contributed by atoms with E-state index < -0.39 is 6.04 Å². The number of carbonyl (C=O) groups excluding carboxylic acids is 1. The van der Waals surface area contributed by atoms with E-state index in [2.05, 4.69) is 0 Å². The lowest BCUT2D eigenvalue weighted by Crippen LogP contribution is -2.26. The Morgan fingerprint density at radius 3 is 2.14 bits per heavy atom. The topological polar surface area (TPSA) is 43.1 Å². The SMILES string of the molecule is Cc1cc(C(=O)C(C)N)cc(C)c1Cl. The van der Waals surface area contributed by atoms with Gasteiger partial charge in [-0.2, -0.15) is 0 Å². The van der Waals surface area contributed by atoms with Crippen LogP contribution < -0.4 is 5.73 Å². The predicted octanol–water partition coefficient (Wildman–Crippen LogP) is 2.49. The number of ketones is 1. The van der Waals surface area contributed by atoms with Gasteiger partial charge in [0.25, 0.3) is 0 Å². The second-order valence-electron chi connectivity index (χ2n) is 3.58. The molecule has 0 bridgehead atoms. The summed E-state index contributed by atoms with van der Waals surface area (Å²) in [5, 5.41) is 0.714. The van der Waals surface area contributed by atoms with Crippen molar-refractivity contribution in [2.45, 2.75) is 26.8 Å². The molecule has 2 N–H and O–H groups in total. The van der Waals surface area contributed by atoms with Crippen LogP contribution in [-0.4, -0.2) is 11.8 Å². The quantitative estimate of drug-likeness (QED) is 0.764. The Bertz CT molecular complexity index is 349. The Labute approximate surface area is 89.1 Å². The monoisotopic (exact) mass is 211 g/mol. The van der Waals surface area contributed by atoms with Crippen LogP contribution in [0.3, 0.4) is 0 Å². The molecule has 0 aliphatic carbocycles. The molecule has 76 valence electrons. The first-order valence-corrected chi connectivity index (χ1v) is 4.88. The van der Waals surface area contributed by atoms with Gasteiger partial charge in [0, 0.05) is 10.6 Å². The molecule has 0 saturated heterocycles. The summed E-state index contributed by atoms with van der Waals surface area (Å²) in [6.07, 6.45) is 0. The van der Waals surface area contributed by atoms with Gasteiger partial charge in [0.15, 0.2) is 5.78 Å². The molecule has 0 spiro atoms. The van der Waals surface area contributed by atoms with E-state index in [0.717, 1.165) is 11.1 Å². The molecule has 1 unspecified atom stereocenters. The van der Waals surface area contributed by atoms with Crippen LogP contribution >= 0.6 is 11.6 Å². The van der Waals surface area contributed by atoms with Crippen LogP contribution in [-0.2, 0) is 0 Å². The molecule has 0 heterocycles. The van der Waals surface area contributed by atoms with E-state index in [1.165, 1.54) is 0 Å². The first-order chi connectivity index (χ1) is 6.43. The van der Waals surface area contributed by atoms with E-state index in [9.17, 15) is 4.79 Å². The molecular formula is C11H14ClNO. The standard InChI is InChI=1S/C11H14ClNO/c1-6-4-9(11(14)8(3)13)5-7(2)10(6)12/h4-5,8H,13H2,1-3H3. The Morgan fingerprint density at radius 2 is 1.79 bits per heavy atom. The summed E-state index contributed by atoms with van der Waals surface area (Å²) < 4.78 is 0. The summed E-state index contributed by atoms with van der Waals surface area (Å²) in [5.74, 6) is -0.0483. The number of halogens is 1. The third-order valence-corrected chi connectivity index (χ3v) is 2.73. The molecule has 0 aromatic heterocycles. The lowest BCUT2D eigenvalue weighted by molar-refractivity contribution is 0.0968. The first-order valence-electron chi connectivity index (χ1n) is 4.50. The van der Waals surface area contributed by atoms with Crippen LogP contribution in [0.1, 0.15) is 28.4 Å². The lowest BCUT2D eigenvalue weighted by atomic mass is 10.0. The van der Waals surface area contributed by atoms with Gasteiger partial charge in [0.05, 0.1) is 6.04 Å². The molecule has 14 heavy (non-hydrogen) atoms. The van der Waals surface area contributed by atoms with Crippen molar-refractivity contribution in [1.29, 1.82) is 0 Å². The van der Waals surface area contributed by atoms with Gasteiger partial charge in [0.2, 0.25) is 0 Å². The zero-order chi connectivity index (χ0) is 10.9. The summed E-state index contributed by atoms with van der Waals surface area (Å²) in [4.78, 5) is 11.6. The molecular weight excluding hydrogens is 198 g/mol. The van der Waals surface area contributed by atoms with Crippen molar-refractivity contribution in [3.63, 3.8) is 0 Å². The number of carbonyl (C=O) groups is 1. The van der Waals surface area contributed by atoms with Crippen molar-refractivity contribution in [3.05, 3.63) is 33.8 Å². The fourth-order valence-electron chi connectivity index (χ4n) is 1.35. The van der Waals surface area contributed by atoms with E-state index >= 15 is 0 Å². The van der Waals surface area contributed by atoms with Crippen LogP contribution in [0.25, 0.3) is 0 Å². The highest BCUT2D eigenvalue weighted by atomic mass is 35.5. The largest absolute Gasteiger partial charge is 0.321 e. The number of hydrogen-bond donors (Lipinski definition) is 1.